The number of aliphatic hydroxyl groups excluding tert-OH is 1. The highest BCUT2D eigenvalue weighted by molar-refractivity contribution is 7.16. The minimum Gasteiger partial charge on any atom is -0.380 e. The van der Waals surface area contributed by atoms with Crippen LogP contribution in [0, 0.1) is 20.8 Å². The lowest BCUT2D eigenvalue weighted by molar-refractivity contribution is 0.0747. The number of carbonyl (C=O) groups excluding carboxylic acids is 1. The van der Waals surface area contributed by atoms with Crippen LogP contribution in [0.1, 0.15) is 36.7 Å². The lowest BCUT2D eigenvalue weighted by atomic mass is 10.0. The van der Waals surface area contributed by atoms with E-state index in [-0.39, 0.29) is 5.78 Å². The van der Waals surface area contributed by atoms with E-state index in [1.807, 2.05) is 26.8 Å². The predicted octanol–water partition coefficient (Wildman–Crippen LogP) is 4.30. The summed E-state index contributed by atoms with van der Waals surface area (Å²) in [5.41, 5.74) is 1.21. The molecule has 2 rings (SSSR count). The zero-order chi connectivity index (χ0) is 13.4. The van der Waals surface area contributed by atoms with Gasteiger partial charge < -0.3 is 5.11 Å². The molecule has 0 saturated carbocycles. The van der Waals surface area contributed by atoms with Gasteiger partial charge in [0, 0.05) is 25.8 Å². The van der Waals surface area contributed by atoms with Gasteiger partial charge in [-0.15, -0.1) is 22.7 Å². The van der Waals surface area contributed by atoms with Gasteiger partial charge in [-0.05, 0) is 32.9 Å². The Labute approximate surface area is 119 Å². The number of aryl methyl sites for hydroxylation is 3. The van der Waals surface area contributed by atoms with E-state index in [1.54, 1.807) is 17.4 Å². The third-order valence-corrected chi connectivity index (χ3v) is 4.94. The molecule has 2 aromatic rings. The quantitative estimate of drug-likeness (QED) is 0.858. The molecule has 1 unspecified atom stereocenters. The molecule has 0 aromatic carbocycles. The molecule has 0 radical (unpaired) electrons. The fraction of sp³-hybridized carbons (Fsp3) is 0.308. The topological polar surface area (TPSA) is 37.3 Å². The van der Waals surface area contributed by atoms with Crippen LogP contribution in [0.25, 0.3) is 0 Å². The van der Waals surface area contributed by atoms with Crippen molar-refractivity contribution in [3.05, 3.63) is 42.2 Å². The summed E-state index contributed by atoms with van der Waals surface area (Å²) in [5.74, 6) is -0.281. The molecule has 0 aliphatic heterocycles. The highest BCUT2D eigenvalue weighted by Gasteiger charge is 2.24. The number of ketones is 1. The van der Waals surface area contributed by atoms with Gasteiger partial charge in [0.15, 0.2) is 5.78 Å². The third kappa shape index (κ3) is 2.52. The van der Waals surface area contributed by atoms with Crippen molar-refractivity contribution in [2.45, 2.75) is 26.9 Å². The second-order valence-corrected chi connectivity index (χ2v) is 7.50. The van der Waals surface area contributed by atoms with E-state index < -0.39 is 6.10 Å². The van der Waals surface area contributed by atoms with E-state index in [2.05, 4.69) is 0 Å². The Hall–Kier alpha value is -0.680. The highest BCUT2D eigenvalue weighted by Crippen LogP contribution is 2.32. The summed E-state index contributed by atoms with van der Waals surface area (Å²) in [6.45, 7) is 5.71. The molecule has 2 aromatic heterocycles. The van der Waals surface area contributed by atoms with Gasteiger partial charge in [0.05, 0.1) is 4.34 Å². The summed E-state index contributed by atoms with van der Waals surface area (Å²) in [5, 5.41) is 10.2. The summed E-state index contributed by atoms with van der Waals surface area (Å²) in [7, 11) is 0. The Bertz CT molecular complexity index is 598. The Morgan fingerprint density at radius 2 is 1.89 bits per heavy atom. The fourth-order valence-corrected chi connectivity index (χ4v) is 4.05. The van der Waals surface area contributed by atoms with Crippen LogP contribution in [-0.4, -0.2) is 10.9 Å². The van der Waals surface area contributed by atoms with Gasteiger partial charge in [-0.25, -0.2) is 0 Å². The van der Waals surface area contributed by atoms with Gasteiger partial charge in [-0.1, -0.05) is 11.6 Å². The standard InChI is InChI=1S/C13H13ClO2S2/c1-6-4-9(7(2)17-6)12(15)13(16)10-5-11(14)18-8(10)3/h4-5,12,15H,1-3H3. The molecule has 18 heavy (non-hydrogen) atoms. The summed E-state index contributed by atoms with van der Waals surface area (Å²) in [6.07, 6.45) is -1.10. The lowest BCUT2D eigenvalue weighted by Crippen LogP contribution is -2.12. The molecule has 2 nitrogen and oxygen atoms in total. The number of halogens is 1. The maximum Gasteiger partial charge on any atom is 0.197 e. The number of carbonyl (C=O) groups is 1. The summed E-state index contributed by atoms with van der Waals surface area (Å²) >= 11 is 8.82. The first-order valence-corrected chi connectivity index (χ1v) is 7.46. The van der Waals surface area contributed by atoms with E-state index in [0.717, 1.165) is 14.6 Å². The van der Waals surface area contributed by atoms with Gasteiger partial charge in [-0.3, -0.25) is 4.79 Å². The SMILES string of the molecule is Cc1cc(C(O)C(=O)c2cc(Cl)sc2C)c(C)s1. The van der Waals surface area contributed by atoms with E-state index >= 15 is 0 Å². The number of Topliss-reactive ketones (excluding diaryl/α,β-unsaturated/α-hetero) is 1. The van der Waals surface area contributed by atoms with Crippen LogP contribution in [0.2, 0.25) is 4.34 Å². The first-order chi connectivity index (χ1) is 8.40. The van der Waals surface area contributed by atoms with Crippen molar-refractivity contribution in [3.8, 4) is 0 Å². The number of aliphatic hydroxyl groups is 1. The first-order valence-electron chi connectivity index (χ1n) is 5.45. The van der Waals surface area contributed by atoms with Crippen molar-refractivity contribution in [2.24, 2.45) is 0 Å². The molecule has 0 amide bonds. The molecule has 0 aliphatic carbocycles. The van der Waals surface area contributed by atoms with Crippen LogP contribution in [-0.2, 0) is 0 Å². The Morgan fingerprint density at radius 1 is 1.22 bits per heavy atom. The molecular weight excluding hydrogens is 288 g/mol. The minimum atomic E-state index is -1.10. The minimum absolute atomic E-state index is 0.281. The molecular formula is C13H13ClO2S2. The van der Waals surface area contributed by atoms with Crippen LogP contribution in [0.15, 0.2) is 12.1 Å². The maximum atomic E-state index is 12.2. The summed E-state index contributed by atoms with van der Waals surface area (Å²) in [4.78, 5) is 15.2. The molecule has 0 aliphatic rings. The largest absolute Gasteiger partial charge is 0.380 e. The van der Waals surface area contributed by atoms with Crippen molar-refractivity contribution in [3.63, 3.8) is 0 Å². The second-order valence-electron chi connectivity index (χ2n) is 4.16. The molecule has 0 spiro atoms. The average Bonchev–Trinajstić information content (AvgIpc) is 2.79. The average molecular weight is 301 g/mol. The predicted molar refractivity (Wildman–Crippen MR) is 77.1 cm³/mol. The third-order valence-electron chi connectivity index (χ3n) is 2.78. The molecule has 2 heterocycles. The van der Waals surface area contributed by atoms with Crippen LogP contribution in [0.5, 0.6) is 0 Å². The smallest absolute Gasteiger partial charge is 0.197 e. The van der Waals surface area contributed by atoms with Gasteiger partial charge in [0.1, 0.15) is 6.10 Å². The van der Waals surface area contributed by atoms with Crippen molar-refractivity contribution in [1.29, 1.82) is 0 Å². The molecule has 1 N–H and O–H groups in total. The van der Waals surface area contributed by atoms with Crippen LogP contribution < -0.4 is 0 Å². The monoisotopic (exact) mass is 300 g/mol. The Morgan fingerprint density at radius 3 is 2.33 bits per heavy atom. The number of thiophene rings is 2. The van der Waals surface area contributed by atoms with E-state index in [4.69, 9.17) is 11.6 Å². The molecule has 0 saturated heterocycles. The molecule has 0 fully saturated rings. The Kier molecular flexibility index (Phi) is 3.92. The molecule has 5 heteroatoms. The second kappa shape index (κ2) is 5.13. The normalized spacial score (nSPS) is 12.7. The Balaban J connectivity index is 2.35. The van der Waals surface area contributed by atoms with Crippen LogP contribution in [0.3, 0.4) is 0 Å². The van der Waals surface area contributed by atoms with Gasteiger partial charge in [0.2, 0.25) is 0 Å². The first kappa shape index (κ1) is 13.7. The van der Waals surface area contributed by atoms with Gasteiger partial charge >= 0.3 is 0 Å². The zero-order valence-corrected chi connectivity index (χ0v) is 12.7. The van der Waals surface area contributed by atoms with Crippen molar-refractivity contribution in [1.82, 2.24) is 0 Å². The van der Waals surface area contributed by atoms with E-state index in [1.165, 1.54) is 11.3 Å². The lowest BCUT2D eigenvalue weighted by Gasteiger charge is -2.08. The number of rotatable bonds is 3. The van der Waals surface area contributed by atoms with Gasteiger partial charge in [-0.2, -0.15) is 0 Å². The molecule has 1 atom stereocenters. The highest BCUT2D eigenvalue weighted by atomic mass is 35.5. The number of hydrogen-bond donors (Lipinski definition) is 1. The fourth-order valence-electron chi connectivity index (χ4n) is 1.90. The van der Waals surface area contributed by atoms with E-state index in [0.29, 0.717) is 15.5 Å². The zero-order valence-electron chi connectivity index (χ0n) is 10.3. The molecule has 0 bridgehead atoms. The summed E-state index contributed by atoms with van der Waals surface area (Å²) < 4.78 is 0.571. The van der Waals surface area contributed by atoms with Crippen LogP contribution in [0.4, 0.5) is 0 Å². The molecule has 96 valence electrons. The summed E-state index contributed by atoms with van der Waals surface area (Å²) in [6, 6.07) is 3.49. The number of hydrogen-bond acceptors (Lipinski definition) is 4. The van der Waals surface area contributed by atoms with E-state index in [9.17, 15) is 9.90 Å². The van der Waals surface area contributed by atoms with Gasteiger partial charge in [0.25, 0.3) is 0 Å². The van der Waals surface area contributed by atoms with Crippen molar-refractivity contribution >= 4 is 40.1 Å². The van der Waals surface area contributed by atoms with Crippen molar-refractivity contribution < 1.29 is 9.90 Å². The van der Waals surface area contributed by atoms with Crippen LogP contribution >= 0.6 is 34.3 Å². The van der Waals surface area contributed by atoms with Crippen molar-refractivity contribution in [2.75, 3.05) is 0 Å². The maximum absolute atomic E-state index is 12.2.